The first-order valence-corrected chi connectivity index (χ1v) is 11.0. The predicted molar refractivity (Wildman–Crippen MR) is 131 cm³/mol. The zero-order valence-electron chi connectivity index (χ0n) is 19.6. The number of rotatable bonds is 8. The summed E-state index contributed by atoms with van der Waals surface area (Å²) >= 11 is 0. The summed E-state index contributed by atoms with van der Waals surface area (Å²) < 4.78 is 10.8. The number of anilines is 2. The van der Waals surface area contributed by atoms with Crippen molar-refractivity contribution in [3.8, 4) is 11.5 Å². The third kappa shape index (κ3) is 6.93. The van der Waals surface area contributed by atoms with Gasteiger partial charge in [-0.05, 0) is 73.0 Å². The summed E-state index contributed by atoms with van der Waals surface area (Å²) in [5, 5.41) is 5.57. The van der Waals surface area contributed by atoms with Gasteiger partial charge in [0.1, 0.15) is 11.5 Å². The van der Waals surface area contributed by atoms with Gasteiger partial charge in [-0.25, -0.2) is 0 Å². The molecule has 0 spiro atoms. The molecule has 0 aliphatic carbocycles. The molecule has 0 aliphatic rings. The number of hydrogen-bond acceptors (Lipinski definition) is 5. The van der Waals surface area contributed by atoms with Crippen molar-refractivity contribution in [2.45, 2.75) is 39.7 Å². The number of amides is 2. The topological polar surface area (TPSA) is 93.7 Å². The summed E-state index contributed by atoms with van der Waals surface area (Å²) in [6.45, 7) is 7.21. The van der Waals surface area contributed by atoms with Crippen LogP contribution in [0.5, 0.6) is 11.5 Å². The molecule has 3 aromatic carbocycles. The number of esters is 1. The van der Waals surface area contributed by atoms with Gasteiger partial charge in [0, 0.05) is 23.9 Å². The van der Waals surface area contributed by atoms with E-state index in [9.17, 15) is 14.4 Å². The van der Waals surface area contributed by atoms with Crippen LogP contribution in [0, 0.1) is 0 Å². The van der Waals surface area contributed by atoms with E-state index >= 15 is 0 Å². The van der Waals surface area contributed by atoms with Gasteiger partial charge in [0.05, 0.1) is 0 Å². The van der Waals surface area contributed by atoms with Crippen molar-refractivity contribution in [3.63, 3.8) is 0 Å². The van der Waals surface area contributed by atoms with E-state index in [0.29, 0.717) is 34.4 Å². The van der Waals surface area contributed by atoms with Gasteiger partial charge >= 0.3 is 5.97 Å². The van der Waals surface area contributed by atoms with Crippen molar-refractivity contribution in [2.75, 3.05) is 10.6 Å². The number of carbonyl (C=O) groups is 3. The van der Waals surface area contributed by atoms with Crippen LogP contribution in [0.2, 0.25) is 0 Å². The fourth-order valence-corrected chi connectivity index (χ4v) is 3.14. The lowest BCUT2D eigenvalue weighted by molar-refractivity contribution is -0.131. The van der Waals surface area contributed by atoms with Gasteiger partial charge in [-0.3, -0.25) is 14.4 Å². The number of nitrogens with one attached hydrogen (secondary N) is 2. The summed E-state index contributed by atoms with van der Waals surface area (Å²) in [4.78, 5) is 36.1. The average Bonchev–Trinajstić information content (AvgIpc) is 2.80. The first-order valence-electron chi connectivity index (χ1n) is 11.0. The highest BCUT2D eigenvalue weighted by molar-refractivity contribution is 6.04. The van der Waals surface area contributed by atoms with E-state index in [1.807, 2.05) is 24.3 Å². The van der Waals surface area contributed by atoms with Crippen LogP contribution in [-0.2, 0) is 9.59 Å². The Morgan fingerprint density at radius 3 is 1.97 bits per heavy atom. The molecular weight excluding hydrogens is 432 g/mol. The van der Waals surface area contributed by atoms with Crippen LogP contribution in [0.1, 0.15) is 49.5 Å². The molecule has 0 saturated carbocycles. The highest BCUT2D eigenvalue weighted by Gasteiger charge is 2.15. The number of ether oxygens (including phenoxy) is 2. The summed E-state index contributed by atoms with van der Waals surface area (Å²) in [6, 6.07) is 20.8. The maximum atomic E-state index is 12.5. The number of hydrogen-bond donors (Lipinski definition) is 2. The van der Waals surface area contributed by atoms with Crippen molar-refractivity contribution < 1.29 is 23.9 Å². The van der Waals surface area contributed by atoms with E-state index in [2.05, 4.69) is 24.5 Å². The molecule has 2 amide bonds. The normalized spacial score (nSPS) is 11.4. The molecule has 7 heteroatoms. The minimum absolute atomic E-state index is 0.285. The second kappa shape index (κ2) is 11.1. The second-order valence-electron chi connectivity index (χ2n) is 8.13. The van der Waals surface area contributed by atoms with Gasteiger partial charge in [0.15, 0.2) is 6.10 Å². The standard InChI is InChI=1S/C27H28N2O5/c1-17(2)20-8-14-24(15-9-20)33-18(3)26(31)28-22-10-12-23(13-11-22)29-27(32)21-6-5-7-25(16-21)34-19(4)30/h5-18H,1-4H3,(H,28,31)(H,29,32). The molecule has 0 fully saturated rings. The lowest BCUT2D eigenvalue weighted by Gasteiger charge is -2.16. The highest BCUT2D eigenvalue weighted by Crippen LogP contribution is 2.21. The van der Waals surface area contributed by atoms with Crippen molar-refractivity contribution in [1.82, 2.24) is 0 Å². The molecule has 3 aromatic rings. The molecule has 34 heavy (non-hydrogen) atoms. The SMILES string of the molecule is CC(=O)Oc1cccc(C(=O)Nc2ccc(NC(=O)C(C)Oc3ccc(C(C)C)cc3)cc2)c1. The molecule has 1 unspecified atom stereocenters. The Bertz CT molecular complexity index is 1150. The van der Waals surface area contributed by atoms with Crippen LogP contribution < -0.4 is 20.1 Å². The predicted octanol–water partition coefficient (Wildman–Crippen LogP) is 5.39. The molecule has 7 nitrogen and oxygen atoms in total. The van der Waals surface area contributed by atoms with Crippen LogP contribution in [0.15, 0.2) is 72.8 Å². The maximum Gasteiger partial charge on any atom is 0.308 e. The quantitative estimate of drug-likeness (QED) is 0.347. The molecule has 0 saturated heterocycles. The molecule has 3 rings (SSSR count). The Balaban J connectivity index is 1.55. The molecule has 1 atom stereocenters. The first-order chi connectivity index (χ1) is 16.2. The van der Waals surface area contributed by atoms with E-state index in [1.165, 1.54) is 18.6 Å². The van der Waals surface area contributed by atoms with Crippen molar-refractivity contribution in [2.24, 2.45) is 0 Å². The lowest BCUT2D eigenvalue weighted by Crippen LogP contribution is -2.30. The van der Waals surface area contributed by atoms with E-state index in [4.69, 9.17) is 9.47 Å². The molecule has 0 aliphatic heterocycles. The molecule has 0 radical (unpaired) electrons. The molecular formula is C27H28N2O5. The van der Waals surface area contributed by atoms with Gasteiger partial charge in [-0.2, -0.15) is 0 Å². The Labute approximate surface area is 199 Å². The molecule has 0 bridgehead atoms. The van der Waals surface area contributed by atoms with Gasteiger partial charge in [-0.1, -0.05) is 32.0 Å². The van der Waals surface area contributed by atoms with E-state index in [1.54, 1.807) is 49.4 Å². The monoisotopic (exact) mass is 460 g/mol. The third-order valence-electron chi connectivity index (χ3n) is 5.00. The smallest absolute Gasteiger partial charge is 0.308 e. The summed E-state index contributed by atoms with van der Waals surface area (Å²) in [5.74, 6) is 0.254. The summed E-state index contributed by atoms with van der Waals surface area (Å²) in [6.07, 6.45) is -0.686. The van der Waals surface area contributed by atoms with Gasteiger partial charge in [0.2, 0.25) is 0 Å². The molecule has 176 valence electrons. The summed E-state index contributed by atoms with van der Waals surface area (Å²) in [5.41, 5.74) is 2.68. The van der Waals surface area contributed by atoms with Crippen molar-refractivity contribution in [3.05, 3.63) is 83.9 Å². The third-order valence-corrected chi connectivity index (χ3v) is 5.00. The second-order valence-corrected chi connectivity index (χ2v) is 8.13. The van der Waals surface area contributed by atoms with E-state index in [0.717, 1.165) is 0 Å². The lowest BCUT2D eigenvalue weighted by atomic mass is 10.0. The number of carbonyl (C=O) groups excluding carboxylic acids is 3. The zero-order chi connectivity index (χ0) is 24.7. The first kappa shape index (κ1) is 24.5. The van der Waals surface area contributed by atoms with Gasteiger partial charge < -0.3 is 20.1 Å². The maximum absolute atomic E-state index is 12.5. The van der Waals surface area contributed by atoms with Crippen molar-refractivity contribution in [1.29, 1.82) is 0 Å². The van der Waals surface area contributed by atoms with Gasteiger partial charge in [0.25, 0.3) is 11.8 Å². The molecule has 2 N–H and O–H groups in total. The van der Waals surface area contributed by atoms with Crippen LogP contribution in [0.3, 0.4) is 0 Å². The Morgan fingerprint density at radius 2 is 1.38 bits per heavy atom. The largest absolute Gasteiger partial charge is 0.481 e. The Morgan fingerprint density at radius 1 is 0.765 bits per heavy atom. The Kier molecular flexibility index (Phi) is 8.03. The zero-order valence-corrected chi connectivity index (χ0v) is 19.6. The highest BCUT2D eigenvalue weighted by atomic mass is 16.5. The minimum atomic E-state index is -0.686. The minimum Gasteiger partial charge on any atom is -0.481 e. The van der Waals surface area contributed by atoms with Crippen LogP contribution in [-0.4, -0.2) is 23.9 Å². The Hall–Kier alpha value is -4.13. The molecule has 0 heterocycles. The van der Waals surface area contributed by atoms with E-state index in [-0.39, 0.29) is 11.8 Å². The van der Waals surface area contributed by atoms with Crippen LogP contribution in [0.25, 0.3) is 0 Å². The van der Waals surface area contributed by atoms with E-state index < -0.39 is 12.1 Å². The summed E-state index contributed by atoms with van der Waals surface area (Å²) in [7, 11) is 0. The fourth-order valence-electron chi connectivity index (χ4n) is 3.14. The number of benzene rings is 3. The average molecular weight is 461 g/mol. The van der Waals surface area contributed by atoms with Crippen molar-refractivity contribution >= 4 is 29.2 Å². The van der Waals surface area contributed by atoms with Gasteiger partial charge in [-0.15, -0.1) is 0 Å². The fraction of sp³-hybridized carbons (Fsp3) is 0.222. The van der Waals surface area contributed by atoms with Crippen LogP contribution >= 0.6 is 0 Å². The molecule has 0 aromatic heterocycles. The van der Waals surface area contributed by atoms with Crippen LogP contribution in [0.4, 0.5) is 11.4 Å².